The molecule has 122 valence electrons. The fourth-order valence-corrected chi connectivity index (χ4v) is 5.25. The second-order valence-electron chi connectivity index (χ2n) is 5.77. The summed E-state index contributed by atoms with van der Waals surface area (Å²) in [6, 6.07) is 10.0. The van der Waals surface area contributed by atoms with Gasteiger partial charge in [-0.2, -0.15) is 0 Å². The average molecular weight is 355 g/mol. The fraction of sp³-hybridized carbons (Fsp3) is 0.263. The zero-order valence-corrected chi connectivity index (χ0v) is 14.7. The lowest BCUT2D eigenvalue weighted by Crippen LogP contribution is -2.28. The minimum atomic E-state index is -0.204. The number of hydrogen-bond acceptors (Lipinski definition) is 5. The van der Waals surface area contributed by atoms with Gasteiger partial charge in [0.2, 0.25) is 5.90 Å². The van der Waals surface area contributed by atoms with Crippen LogP contribution in [0.15, 0.2) is 69.7 Å². The highest BCUT2D eigenvalue weighted by Gasteiger charge is 2.32. The molecule has 1 atom stereocenters. The van der Waals surface area contributed by atoms with Gasteiger partial charge in [-0.3, -0.25) is 4.79 Å². The van der Waals surface area contributed by atoms with Crippen molar-refractivity contribution in [3.63, 3.8) is 0 Å². The standard InChI is InChI=1S/C19H17NO2S2/c21-16-8-4-7-15-17(16)24-12-14-9-10-23-19(14)20-18(15)22-11-13-5-2-1-3-6-13/h1-8,17H,9-12H2/b20-18+. The van der Waals surface area contributed by atoms with Crippen LogP contribution in [0.25, 0.3) is 0 Å². The van der Waals surface area contributed by atoms with Crippen molar-refractivity contribution in [2.75, 3.05) is 11.5 Å². The molecule has 2 aliphatic heterocycles. The first-order chi connectivity index (χ1) is 11.8. The van der Waals surface area contributed by atoms with E-state index in [1.807, 2.05) is 36.4 Å². The van der Waals surface area contributed by atoms with E-state index in [0.717, 1.165) is 34.1 Å². The first-order valence-corrected chi connectivity index (χ1v) is 9.99. The third kappa shape index (κ3) is 3.23. The van der Waals surface area contributed by atoms with Crippen molar-refractivity contribution in [3.8, 4) is 0 Å². The van der Waals surface area contributed by atoms with Crippen LogP contribution >= 0.6 is 23.5 Å². The van der Waals surface area contributed by atoms with Gasteiger partial charge >= 0.3 is 0 Å². The molecule has 1 aromatic carbocycles. The minimum Gasteiger partial charge on any atom is -0.473 e. The van der Waals surface area contributed by atoms with Crippen LogP contribution < -0.4 is 0 Å². The van der Waals surface area contributed by atoms with Crippen LogP contribution in [-0.4, -0.2) is 28.4 Å². The maximum Gasteiger partial charge on any atom is 0.219 e. The molecule has 0 radical (unpaired) electrons. The molecular formula is C19H17NO2S2. The van der Waals surface area contributed by atoms with Crippen molar-refractivity contribution in [3.05, 3.63) is 70.3 Å². The summed E-state index contributed by atoms with van der Waals surface area (Å²) >= 11 is 3.47. The second kappa shape index (κ2) is 7.03. The largest absolute Gasteiger partial charge is 0.473 e. The van der Waals surface area contributed by atoms with Crippen molar-refractivity contribution < 1.29 is 9.53 Å². The lowest BCUT2D eigenvalue weighted by atomic mass is 10.0. The third-order valence-corrected chi connectivity index (χ3v) is 6.51. The lowest BCUT2D eigenvalue weighted by Gasteiger charge is -2.24. The molecule has 0 saturated carbocycles. The Labute approximate surface area is 150 Å². The number of allylic oxidation sites excluding steroid dienone is 3. The van der Waals surface area contributed by atoms with E-state index >= 15 is 0 Å². The number of carbonyl (C=O) groups excluding carboxylic acids is 1. The van der Waals surface area contributed by atoms with E-state index < -0.39 is 0 Å². The predicted octanol–water partition coefficient (Wildman–Crippen LogP) is 4.13. The molecule has 0 N–H and O–H groups in total. The number of fused-ring (bicyclic) bond motifs is 1. The van der Waals surface area contributed by atoms with Gasteiger partial charge in [-0.25, -0.2) is 4.99 Å². The number of ether oxygens (including phenoxy) is 1. The molecule has 3 nitrogen and oxygen atoms in total. The van der Waals surface area contributed by atoms with Crippen molar-refractivity contribution in [2.45, 2.75) is 18.3 Å². The van der Waals surface area contributed by atoms with E-state index in [4.69, 9.17) is 9.73 Å². The highest BCUT2D eigenvalue weighted by Crippen LogP contribution is 2.39. The number of nitrogens with zero attached hydrogens (tertiary/aromatic N) is 1. The quantitative estimate of drug-likeness (QED) is 0.799. The molecule has 1 unspecified atom stereocenters. The Hall–Kier alpha value is -1.72. The highest BCUT2D eigenvalue weighted by molar-refractivity contribution is 8.03. The molecule has 0 fully saturated rings. The summed E-state index contributed by atoms with van der Waals surface area (Å²) in [7, 11) is 0. The Morgan fingerprint density at radius 1 is 1.25 bits per heavy atom. The Morgan fingerprint density at radius 2 is 2.12 bits per heavy atom. The van der Waals surface area contributed by atoms with E-state index in [9.17, 15) is 4.79 Å². The van der Waals surface area contributed by atoms with Crippen LogP contribution in [0.3, 0.4) is 0 Å². The summed E-state index contributed by atoms with van der Waals surface area (Å²) in [5, 5.41) is 0.871. The molecular weight excluding hydrogens is 338 g/mol. The van der Waals surface area contributed by atoms with E-state index in [-0.39, 0.29) is 11.0 Å². The SMILES string of the molecule is O=C1C=CC=C2/C(OCc3ccccc3)=N\C3=C(CCS3)CSC12. The molecule has 0 bridgehead atoms. The van der Waals surface area contributed by atoms with E-state index in [2.05, 4.69) is 0 Å². The van der Waals surface area contributed by atoms with Crippen molar-refractivity contribution in [2.24, 2.45) is 4.99 Å². The zero-order chi connectivity index (χ0) is 16.4. The number of aliphatic imine (C=N–C) groups is 1. The van der Waals surface area contributed by atoms with Gasteiger partial charge in [0.05, 0.1) is 5.25 Å². The van der Waals surface area contributed by atoms with Crippen LogP contribution in [0.5, 0.6) is 0 Å². The molecule has 0 aromatic heterocycles. The van der Waals surface area contributed by atoms with Gasteiger partial charge in [0.1, 0.15) is 11.6 Å². The van der Waals surface area contributed by atoms with Crippen LogP contribution in [-0.2, 0) is 16.1 Å². The number of hydrogen-bond donors (Lipinski definition) is 0. The average Bonchev–Trinajstić information content (AvgIpc) is 3.03. The monoisotopic (exact) mass is 355 g/mol. The Kier molecular flexibility index (Phi) is 4.63. The minimum absolute atomic E-state index is 0.128. The zero-order valence-electron chi connectivity index (χ0n) is 13.1. The Morgan fingerprint density at radius 3 is 3.00 bits per heavy atom. The van der Waals surface area contributed by atoms with Gasteiger partial charge in [0.15, 0.2) is 5.78 Å². The Bertz CT molecular complexity index is 778. The summed E-state index contributed by atoms with van der Waals surface area (Å²) in [5.41, 5.74) is 3.33. The third-order valence-electron chi connectivity index (χ3n) is 4.11. The maximum atomic E-state index is 12.3. The van der Waals surface area contributed by atoms with E-state index in [1.165, 1.54) is 5.57 Å². The molecule has 0 spiro atoms. The first-order valence-electron chi connectivity index (χ1n) is 7.95. The van der Waals surface area contributed by atoms with Crippen LogP contribution in [0.4, 0.5) is 0 Å². The van der Waals surface area contributed by atoms with Gasteiger partial charge in [0.25, 0.3) is 0 Å². The van der Waals surface area contributed by atoms with E-state index in [1.54, 1.807) is 35.7 Å². The number of ketones is 1. The molecule has 2 heterocycles. The summed E-state index contributed by atoms with van der Waals surface area (Å²) in [6.07, 6.45) is 6.47. The smallest absolute Gasteiger partial charge is 0.219 e. The Balaban J connectivity index is 1.66. The first kappa shape index (κ1) is 15.8. The van der Waals surface area contributed by atoms with Crippen LogP contribution in [0.1, 0.15) is 12.0 Å². The van der Waals surface area contributed by atoms with Crippen LogP contribution in [0, 0.1) is 0 Å². The van der Waals surface area contributed by atoms with Gasteiger partial charge in [-0.1, -0.05) is 42.5 Å². The maximum absolute atomic E-state index is 12.3. The molecule has 0 amide bonds. The molecule has 4 rings (SSSR count). The van der Waals surface area contributed by atoms with Gasteiger partial charge in [-0.05, 0) is 23.6 Å². The van der Waals surface area contributed by atoms with Gasteiger partial charge in [0, 0.05) is 17.1 Å². The van der Waals surface area contributed by atoms with Crippen molar-refractivity contribution in [1.29, 1.82) is 0 Å². The second-order valence-corrected chi connectivity index (χ2v) is 7.95. The molecule has 3 aliphatic rings. The molecule has 1 aromatic rings. The summed E-state index contributed by atoms with van der Waals surface area (Å²) in [6.45, 7) is 0.458. The summed E-state index contributed by atoms with van der Waals surface area (Å²) in [4.78, 5) is 17.1. The normalized spacial score (nSPS) is 25.2. The predicted molar refractivity (Wildman–Crippen MR) is 101 cm³/mol. The lowest BCUT2D eigenvalue weighted by molar-refractivity contribution is -0.113. The van der Waals surface area contributed by atoms with Crippen molar-refractivity contribution >= 4 is 35.2 Å². The number of thioether (sulfide) groups is 2. The number of rotatable bonds is 2. The molecule has 0 saturated heterocycles. The topological polar surface area (TPSA) is 38.7 Å². The summed E-state index contributed by atoms with van der Waals surface area (Å²) < 4.78 is 6.07. The molecule has 24 heavy (non-hydrogen) atoms. The molecule has 1 aliphatic carbocycles. The summed E-state index contributed by atoms with van der Waals surface area (Å²) in [5.74, 6) is 2.66. The van der Waals surface area contributed by atoms with Gasteiger partial charge < -0.3 is 4.74 Å². The highest BCUT2D eigenvalue weighted by atomic mass is 32.2. The van der Waals surface area contributed by atoms with Gasteiger partial charge in [-0.15, -0.1) is 23.5 Å². The number of carbonyl (C=O) groups is 1. The van der Waals surface area contributed by atoms with E-state index in [0.29, 0.717) is 12.5 Å². The fourth-order valence-electron chi connectivity index (χ4n) is 2.84. The van der Waals surface area contributed by atoms with Crippen molar-refractivity contribution in [1.82, 2.24) is 0 Å². The molecule has 5 heteroatoms. The van der Waals surface area contributed by atoms with Crippen LogP contribution in [0.2, 0.25) is 0 Å². The number of benzene rings is 1.